The lowest BCUT2D eigenvalue weighted by atomic mass is 9.93. The minimum Gasteiger partial charge on any atom is -0.490 e. The van der Waals surface area contributed by atoms with E-state index in [2.05, 4.69) is 41.5 Å². The van der Waals surface area contributed by atoms with Gasteiger partial charge in [-0.1, -0.05) is 18.7 Å². The first-order chi connectivity index (χ1) is 22.4. The van der Waals surface area contributed by atoms with Gasteiger partial charge in [-0.15, -0.1) is 11.3 Å². The third-order valence-electron chi connectivity index (χ3n) is 8.93. The molecule has 5 aromatic rings. The molecule has 1 fully saturated rings. The maximum atomic E-state index is 14.7. The molecule has 2 aromatic carbocycles. The topological polar surface area (TPSA) is 81.5 Å². The van der Waals surface area contributed by atoms with E-state index in [9.17, 15) is 9.18 Å². The Kier molecular flexibility index (Phi) is 8.42. The minimum atomic E-state index is -0.378. The Morgan fingerprint density at radius 2 is 2.04 bits per heavy atom. The molecule has 0 bridgehead atoms. The Morgan fingerprint density at radius 1 is 1.15 bits per heavy atom. The SMILES string of the molecule is C=CC(=O)N1CC[C@H](n2cc(-c3nc(-c4ccc5c(c4)CCNC5)c4ccsc4c3-c3ccc(F)cc3OCCOC)c(C)n2)C1. The molecule has 3 aromatic heterocycles. The van der Waals surface area contributed by atoms with Gasteiger partial charge in [-0.25, -0.2) is 9.37 Å². The molecule has 46 heavy (non-hydrogen) atoms. The second-order valence-electron chi connectivity index (χ2n) is 11.8. The van der Waals surface area contributed by atoms with E-state index in [1.165, 1.54) is 29.3 Å². The lowest BCUT2D eigenvalue weighted by molar-refractivity contribution is -0.125. The zero-order chi connectivity index (χ0) is 31.8. The van der Waals surface area contributed by atoms with Crippen LogP contribution in [0.2, 0.25) is 0 Å². The number of ether oxygens (including phenoxy) is 2. The molecule has 7 rings (SSSR count). The van der Waals surface area contributed by atoms with Gasteiger partial charge in [0.15, 0.2) is 0 Å². The van der Waals surface area contributed by atoms with Crippen molar-refractivity contribution in [1.82, 2.24) is 25.0 Å². The first-order valence-electron chi connectivity index (χ1n) is 15.6. The third-order valence-corrected chi connectivity index (χ3v) is 9.86. The number of methoxy groups -OCH3 is 1. The molecule has 2 aliphatic heterocycles. The van der Waals surface area contributed by atoms with Gasteiger partial charge in [0.05, 0.1) is 29.7 Å². The van der Waals surface area contributed by atoms with Crippen molar-refractivity contribution in [2.45, 2.75) is 32.4 Å². The predicted molar refractivity (Wildman–Crippen MR) is 180 cm³/mol. The number of aromatic nitrogens is 3. The predicted octanol–water partition coefficient (Wildman–Crippen LogP) is 6.57. The summed E-state index contributed by atoms with van der Waals surface area (Å²) in [6.07, 6.45) is 5.18. The van der Waals surface area contributed by atoms with Crippen LogP contribution < -0.4 is 10.1 Å². The quantitative estimate of drug-likeness (QED) is 0.146. The maximum absolute atomic E-state index is 14.7. The second-order valence-corrected chi connectivity index (χ2v) is 12.7. The fourth-order valence-electron chi connectivity index (χ4n) is 6.56. The van der Waals surface area contributed by atoms with Crippen molar-refractivity contribution in [3.8, 4) is 39.4 Å². The van der Waals surface area contributed by atoms with E-state index in [1.54, 1.807) is 24.5 Å². The smallest absolute Gasteiger partial charge is 0.246 e. The van der Waals surface area contributed by atoms with Gasteiger partial charge in [0.1, 0.15) is 18.2 Å². The number of hydrogen-bond acceptors (Lipinski definition) is 7. The normalized spacial score (nSPS) is 16.2. The van der Waals surface area contributed by atoms with E-state index in [1.807, 2.05) is 22.7 Å². The van der Waals surface area contributed by atoms with Crippen LogP contribution in [-0.4, -0.2) is 65.5 Å². The number of rotatable bonds is 9. The van der Waals surface area contributed by atoms with Crippen LogP contribution in [0.3, 0.4) is 0 Å². The first kappa shape index (κ1) is 30.3. The van der Waals surface area contributed by atoms with E-state index in [0.717, 1.165) is 75.4 Å². The number of nitrogens with one attached hydrogen (secondary N) is 1. The number of likely N-dealkylation sites (tertiary alicyclic amines) is 1. The fraction of sp³-hybridized carbons (Fsp3) is 0.306. The van der Waals surface area contributed by atoms with Crippen molar-refractivity contribution in [2.75, 3.05) is 40.0 Å². The molecule has 1 N–H and O–H groups in total. The number of carbonyl (C=O) groups excluding carboxylic acids is 1. The monoisotopic (exact) mass is 637 g/mol. The molecular weight excluding hydrogens is 601 g/mol. The van der Waals surface area contributed by atoms with E-state index in [-0.39, 0.29) is 24.4 Å². The van der Waals surface area contributed by atoms with Crippen LogP contribution in [0, 0.1) is 12.7 Å². The van der Waals surface area contributed by atoms with Gasteiger partial charge in [-0.2, -0.15) is 5.10 Å². The van der Waals surface area contributed by atoms with Crippen molar-refractivity contribution < 1.29 is 18.7 Å². The number of benzene rings is 2. The highest BCUT2D eigenvalue weighted by molar-refractivity contribution is 7.18. The highest BCUT2D eigenvalue weighted by Crippen LogP contribution is 2.47. The number of halogens is 1. The number of amides is 1. The van der Waals surface area contributed by atoms with Crippen molar-refractivity contribution >= 4 is 27.3 Å². The van der Waals surface area contributed by atoms with Gasteiger partial charge in [0, 0.05) is 71.3 Å². The van der Waals surface area contributed by atoms with Gasteiger partial charge < -0.3 is 19.7 Å². The van der Waals surface area contributed by atoms with E-state index < -0.39 is 0 Å². The summed E-state index contributed by atoms with van der Waals surface area (Å²) in [5.74, 6) is -0.0122. The van der Waals surface area contributed by atoms with E-state index in [0.29, 0.717) is 25.4 Å². The highest BCUT2D eigenvalue weighted by atomic mass is 32.1. The molecule has 236 valence electrons. The lowest BCUT2D eigenvalue weighted by Crippen LogP contribution is -2.27. The van der Waals surface area contributed by atoms with Crippen molar-refractivity contribution in [3.63, 3.8) is 0 Å². The standard InChI is InChI=1S/C36H36FN5O3S/c1-4-32(43)41-13-10-27(20-41)42-21-30(22(2)40-42)35-33(28-8-7-26(37)18-31(28)45-15-14-44-3)36-29(11-16-46-36)34(39-35)24-5-6-25-19-38-12-9-23(25)17-24/h4-8,11,16-18,21,27,38H,1,9-10,12-15,19-20H2,2-3H3/t27-/m0/s1. The number of hydrogen-bond donors (Lipinski definition) is 1. The van der Waals surface area contributed by atoms with Crippen LogP contribution in [0.4, 0.5) is 4.39 Å². The molecule has 5 heterocycles. The number of carbonyl (C=O) groups is 1. The number of pyridine rings is 1. The summed E-state index contributed by atoms with van der Waals surface area (Å²) in [5.41, 5.74) is 8.71. The highest BCUT2D eigenvalue weighted by Gasteiger charge is 2.29. The fourth-order valence-corrected chi connectivity index (χ4v) is 7.52. The Morgan fingerprint density at radius 3 is 2.89 bits per heavy atom. The lowest BCUT2D eigenvalue weighted by Gasteiger charge is -2.20. The number of fused-ring (bicyclic) bond motifs is 2. The summed E-state index contributed by atoms with van der Waals surface area (Å²) in [6, 6.07) is 13.5. The van der Waals surface area contributed by atoms with Crippen molar-refractivity contribution in [1.29, 1.82) is 0 Å². The molecule has 0 saturated carbocycles. The minimum absolute atomic E-state index is 0.0396. The molecule has 0 aliphatic carbocycles. The van der Waals surface area contributed by atoms with Crippen LogP contribution >= 0.6 is 11.3 Å². The molecule has 0 spiro atoms. The van der Waals surface area contributed by atoms with E-state index in [4.69, 9.17) is 19.6 Å². The number of aryl methyl sites for hydroxylation is 1. The van der Waals surface area contributed by atoms with Gasteiger partial charge in [0.25, 0.3) is 0 Å². The maximum Gasteiger partial charge on any atom is 0.246 e. The molecule has 10 heteroatoms. The second kappa shape index (κ2) is 12.8. The molecule has 1 amide bonds. The summed E-state index contributed by atoms with van der Waals surface area (Å²) in [6.45, 7) is 9.34. The van der Waals surface area contributed by atoms with Crippen molar-refractivity contribution in [3.05, 3.63) is 89.3 Å². The van der Waals surface area contributed by atoms with Crippen LogP contribution in [0.15, 0.2) is 66.7 Å². The summed E-state index contributed by atoms with van der Waals surface area (Å²) in [5, 5.41) is 11.5. The summed E-state index contributed by atoms with van der Waals surface area (Å²) in [7, 11) is 1.61. The van der Waals surface area contributed by atoms with E-state index >= 15 is 0 Å². The molecule has 1 atom stereocenters. The van der Waals surface area contributed by atoms with Crippen LogP contribution in [0.25, 0.3) is 43.7 Å². The Hall–Kier alpha value is -4.38. The molecule has 1 saturated heterocycles. The van der Waals surface area contributed by atoms with Crippen LogP contribution in [0.1, 0.15) is 29.3 Å². The van der Waals surface area contributed by atoms with Gasteiger partial charge in [-0.05, 0) is 73.2 Å². The molecule has 0 radical (unpaired) electrons. The number of thiophene rings is 1. The first-order valence-corrected chi connectivity index (χ1v) is 16.5. The zero-order valence-electron chi connectivity index (χ0n) is 26.0. The Labute approximate surface area is 271 Å². The van der Waals surface area contributed by atoms with Gasteiger partial charge >= 0.3 is 0 Å². The molecule has 8 nitrogen and oxygen atoms in total. The van der Waals surface area contributed by atoms with Crippen LogP contribution in [-0.2, 0) is 22.5 Å². The largest absolute Gasteiger partial charge is 0.490 e. The average Bonchev–Trinajstić information content (AvgIpc) is 3.84. The Bertz CT molecular complexity index is 1950. The zero-order valence-corrected chi connectivity index (χ0v) is 26.8. The Balaban J connectivity index is 1.43. The summed E-state index contributed by atoms with van der Waals surface area (Å²) in [4.78, 5) is 19.6. The van der Waals surface area contributed by atoms with Crippen molar-refractivity contribution in [2.24, 2.45) is 0 Å². The molecule has 0 unspecified atom stereocenters. The average molecular weight is 638 g/mol. The molecular formula is C36H36FN5O3S. The van der Waals surface area contributed by atoms with Crippen LogP contribution in [0.5, 0.6) is 5.75 Å². The summed E-state index contributed by atoms with van der Waals surface area (Å²) >= 11 is 1.64. The summed E-state index contributed by atoms with van der Waals surface area (Å²) < 4.78 is 29.0. The van der Waals surface area contributed by atoms with Gasteiger partial charge in [0.2, 0.25) is 5.91 Å². The number of nitrogens with zero attached hydrogens (tertiary/aromatic N) is 4. The van der Waals surface area contributed by atoms with Gasteiger partial charge in [-0.3, -0.25) is 9.48 Å². The third kappa shape index (κ3) is 5.61. The molecule has 2 aliphatic rings.